The number of hydrogen-bond donors (Lipinski definition) is 1. The van der Waals surface area contributed by atoms with Crippen LogP contribution in [0.5, 0.6) is 5.75 Å². The third-order valence-corrected chi connectivity index (χ3v) is 5.06. The molecule has 3 rings (SSSR count). The number of halogens is 1. The van der Waals surface area contributed by atoms with Crippen LogP contribution < -0.4 is 10.1 Å². The normalized spacial score (nSPS) is 14.6. The summed E-state index contributed by atoms with van der Waals surface area (Å²) in [7, 11) is 0. The van der Waals surface area contributed by atoms with Crippen molar-refractivity contribution in [1.82, 2.24) is 5.32 Å². The number of amides is 1. The average molecular weight is 425 g/mol. The highest BCUT2D eigenvalue weighted by atomic mass is 79.9. The Labute approximate surface area is 168 Å². The van der Waals surface area contributed by atoms with Gasteiger partial charge in [-0.15, -0.1) is 0 Å². The van der Waals surface area contributed by atoms with Crippen LogP contribution in [-0.4, -0.2) is 11.9 Å². The van der Waals surface area contributed by atoms with Gasteiger partial charge in [-0.1, -0.05) is 59.1 Å². The second kappa shape index (κ2) is 9.38. The predicted octanol–water partition coefficient (Wildman–Crippen LogP) is 4.99. The molecular formula is C22H21BrN2O2. The van der Waals surface area contributed by atoms with Crippen LogP contribution in [0.1, 0.15) is 36.8 Å². The van der Waals surface area contributed by atoms with Gasteiger partial charge in [-0.05, 0) is 42.7 Å². The summed E-state index contributed by atoms with van der Waals surface area (Å²) in [5.74, 6) is 0.307. The highest BCUT2D eigenvalue weighted by molar-refractivity contribution is 9.10. The van der Waals surface area contributed by atoms with Gasteiger partial charge in [0, 0.05) is 16.1 Å². The summed E-state index contributed by atoms with van der Waals surface area (Å²) in [5, 5.41) is 12.4. The van der Waals surface area contributed by atoms with Crippen molar-refractivity contribution in [3.8, 4) is 11.8 Å². The number of nitrogens with one attached hydrogen (secondary N) is 1. The highest BCUT2D eigenvalue weighted by Gasteiger charge is 2.19. The van der Waals surface area contributed by atoms with E-state index in [0.29, 0.717) is 17.9 Å². The molecule has 1 N–H and O–H groups in total. The molecule has 4 nitrogen and oxygen atoms in total. The summed E-state index contributed by atoms with van der Waals surface area (Å²) in [5.41, 5.74) is 1.83. The van der Waals surface area contributed by atoms with Gasteiger partial charge in [-0.25, -0.2) is 0 Å². The van der Waals surface area contributed by atoms with Crippen molar-refractivity contribution in [3.05, 3.63) is 69.7 Å². The van der Waals surface area contributed by atoms with Crippen LogP contribution in [0.2, 0.25) is 0 Å². The molecular weight excluding hydrogens is 404 g/mol. The van der Waals surface area contributed by atoms with Gasteiger partial charge in [0.1, 0.15) is 24.0 Å². The van der Waals surface area contributed by atoms with Crippen molar-refractivity contribution in [3.63, 3.8) is 0 Å². The van der Waals surface area contributed by atoms with Crippen molar-refractivity contribution < 1.29 is 9.53 Å². The van der Waals surface area contributed by atoms with Crippen molar-refractivity contribution in [2.75, 3.05) is 0 Å². The van der Waals surface area contributed by atoms with E-state index < -0.39 is 0 Å². The first-order chi connectivity index (χ1) is 13.2. The fourth-order valence-electron chi connectivity index (χ4n) is 3.14. The van der Waals surface area contributed by atoms with Crippen LogP contribution in [0.4, 0.5) is 0 Å². The zero-order valence-corrected chi connectivity index (χ0v) is 16.5. The van der Waals surface area contributed by atoms with Crippen molar-refractivity contribution in [1.29, 1.82) is 5.26 Å². The second-order valence-corrected chi connectivity index (χ2v) is 7.50. The minimum absolute atomic E-state index is 0.0876. The van der Waals surface area contributed by atoms with Gasteiger partial charge in [-0.3, -0.25) is 4.79 Å². The highest BCUT2D eigenvalue weighted by Crippen LogP contribution is 2.27. The SMILES string of the molecule is N#C/C(=C/c1cc(Br)ccc1OCc1ccccc1)C(=O)NC1CCCC1. The maximum Gasteiger partial charge on any atom is 0.262 e. The average Bonchev–Trinajstić information content (AvgIpc) is 3.19. The fourth-order valence-corrected chi connectivity index (χ4v) is 3.52. The van der Waals surface area contributed by atoms with Crippen LogP contribution in [-0.2, 0) is 11.4 Å². The maximum absolute atomic E-state index is 12.5. The summed E-state index contributed by atoms with van der Waals surface area (Å²) in [6.07, 6.45) is 5.80. The third kappa shape index (κ3) is 5.45. The summed E-state index contributed by atoms with van der Waals surface area (Å²) >= 11 is 3.44. The van der Waals surface area contributed by atoms with Gasteiger partial charge in [0.2, 0.25) is 0 Å². The largest absolute Gasteiger partial charge is 0.488 e. The van der Waals surface area contributed by atoms with Crippen LogP contribution >= 0.6 is 15.9 Å². The molecule has 0 aliphatic heterocycles. The number of benzene rings is 2. The van der Waals surface area contributed by atoms with Gasteiger partial charge in [-0.2, -0.15) is 5.26 Å². The minimum Gasteiger partial charge on any atom is -0.488 e. The maximum atomic E-state index is 12.5. The molecule has 2 aromatic rings. The minimum atomic E-state index is -0.321. The van der Waals surface area contributed by atoms with E-state index >= 15 is 0 Å². The molecule has 0 heterocycles. The molecule has 0 aromatic heterocycles. The van der Waals surface area contributed by atoms with E-state index in [-0.39, 0.29) is 17.5 Å². The smallest absolute Gasteiger partial charge is 0.262 e. The quantitative estimate of drug-likeness (QED) is 0.524. The first-order valence-corrected chi connectivity index (χ1v) is 9.84. The zero-order valence-electron chi connectivity index (χ0n) is 15.0. The summed E-state index contributed by atoms with van der Waals surface area (Å²) < 4.78 is 6.79. The lowest BCUT2D eigenvalue weighted by Crippen LogP contribution is -2.33. The first kappa shape index (κ1) is 19.2. The molecule has 27 heavy (non-hydrogen) atoms. The fraction of sp³-hybridized carbons (Fsp3) is 0.273. The molecule has 1 aliphatic carbocycles. The predicted molar refractivity (Wildman–Crippen MR) is 109 cm³/mol. The molecule has 1 aliphatic rings. The van der Waals surface area contributed by atoms with Crippen LogP contribution in [0.25, 0.3) is 6.08 Å². The number of nitrogens with zero attached hydrogens (tertiary/aromatic N) is 1. The standard InChI is InChI=1S/C22H21BrN2O2/c23-19-10-11-21(27-15-16-6-2-1-3-7-16)17(13-19)12-18(14-24)22(26)25-20-8-4-5-9-20/h1-3,6-7,10-13,20H,4-5,8-9,15H2,(H,25,26)/b18-12-. The number of ether oxygens (including phenoxy) is 1. The van der Waals surface area contributed by atoms with E-state index in [4.69, 9.17) is 4.74 Å². The molecule has 0 spiro atoms. The van der Waals surface area contributed by atoms with Crippen molar-refractivity contribution in [2.45, 2.75) is 38.3 Å². The van der Waals surface area contributed by atoms with E-state index in [1.807, 2.05) is 54.6 Å². The second-order valence-electron chi connectivity index (χ2n) is 6.58. The number of rotatable bonds is 6. The molecule has 0 bridgehead atoms. The Morgan fingerprint density at radius 3 is 2.67 bits per heavy atom. The molecule has 0 atom stereocenters. The zero-order chi connectivity index (χ0) is 19.1. The Kier molecular flexibility index (Phi) is 6.67. The number of carbonyl (C=O) groups excluding carboxylic acids is 1. The molecule has 1 saturated carbocycles. The lowest BCUT2D eigenvalue weighted by Gasteiger charge is -2.12. The Balaban J connectivity index is 1.78. The third-order valence-electron chi connectivity index (χ3n) is 4.56. The molecule has 1 amide bonds. The van der Waals surface area contributed by atoms with E-state index in [1.165, 1.54) is 0 Å². The van der Waals surface area contributed by atoms with Crippen LogP contribution in [0.3, 0.4) is 0 Å². The summed E-state index contributed by atoms with van der Waals surface area (Å²) in [4.78, 5) is 12.5. The Bertz CT molecular complexity index is 866. The molecule has 138 valence electrons. The lowest BCUT2D eigenvalue weighted by atomic mass is 10.1. The summed E-state index contributed by atoms with van der Waals surface area (Å²) in [6.45, 7) is 0.416. The van der Waals surface area contributed by atoms with Crippen molar-refractivity contribution in [2.24, 2.45) is 0 Å². The molecule has 0 radical (unpaired) electrons. The molecule has 5 heteroatoms. The Hall–Kier alpha value is -2.58. The molecule has 1 fully saturated rings. The van der Waals surface area contributed by atoms with E-state index in [0.717, 1.165) is 35.7 Å². The molecule has 0 unspecified atom stereocenters. The van der Waals surface area contributed by atoms with Crippen LogP contribution in [0, 0.1) is 11.3 Å². The Morgan fingerprint density at radius 1 is 1.22 bits per heavy atom. The number of hydrogen-bond acceptors (Lipinski definition) is 3. The van der Waals surface area contributed by atoms with Crippen molar-refractivity contribution >= 4 is 27.9 Å². The topological polar surface area (TPSA) is 62.1 Å². The van der Waals surface area contributed by atoms with Gasteiger partial charge in [0.05, 0.1) is 0 Å². The Morgan fingerprint density at radius 2 is 1.96 bits per heavy atom. The van der Waals surface area contributed by atoms with E-state index in [2.05, 4.69) is 21.2 Å². The number of nitriles is 1. The first-order valence-electron chi connectivity index (χ1n) is 9.04. The molecule has 2 aromatic carbocycles. The monoisotopic (exact) mass is 424 g/mol. The van der Waals surface area contributed by atoms with E-state index in [9.17, 15) is 10.1 Å². The van der Waals surface area contributed by atoms with E-state index in [1.54, 1.807) is 6.08 Å². The lowest BCUT2D eigenvalue weighted by molar-refractivity contribution is -0.117. The van der Waals surface area contributed by atoms with Gasteiger partial charge in [0.15, 0.2) is 0 Å². The van der Waals surface area contributed by atoms with Gasteiger partial charge >= 0.3 is 0 Å². The molecule has 0 saturated heterocycles. The van der Waals surface area contributed by atoms with Crippen LogP contribution in [0.15, 0.2) is 58.6 Å². The van der Waals surface area contributed by atoms with Gasteiger partial charge < -0.3 is 10.1 Å². The summed E-state index contributed by atoms with van der Waals surface area (Å²) in [6, 6.07) is 17.6. The number of carbonyl (C=O) groups is 1. The van der Waals surface area contributed by atoms with Gasteiger partial charge in [0.25, 0.3) is 5.91 Å².